The Bertz CT molecular complexity index is 1290. The van der Waals surface area contributed by atoms with E-state index in [2.05, 4.69) is 10.3 Å². The molecule has 0 unspecified atom stereocenters. The van der Waals surface area contributed by atoms with Crippen LogP contribution >= 0.6 is 0 Å². The number of aliphatic hydroxyl groups is 1. The number of fused-ring (bicyclic) bond motifs is 1. The molecule has 0 aromatic heterocycles. The monoisotopic (exact) mass is 547 g/mol. The number of amides is 2. The Morgan fingerprint density at radius 3 is 2.46 bits per heavy atom. The maximum atomic E-state index is 14.1. The van der Waals surface area contributed by atoms with Gasteiger partial charge in [0.2, 0.25) is 11.8 Å². The molecule has 2 aromatic rings. The second kappa shape index (κ2) is 11.6. The minimum atomic E-state index is -4.57. The average Bonchev–Trinajstić information content (AvgIpc) is 3.70. The molecule has 7 nitrogen and oxygen atoms in total. The number of alkyl halides is 3. The highest BCUT2D eigenvalue weighted by Crippen LogP contribution is 2.39. The van der Waals surface area contributed by atoms with Crippen LogP contribution in [0.1, 0.15) is 54.4 Å². The summed E-state index contributed by atoms with van der Waals surface area (Å²) in [6.45, 7) is -0.384. The SMILES string of the molecule is NC(=O)[C@@H](CC1CC1)[C@@H](CCC(F)(F)F)C(=O)N[C@H]1N=C(c2cccc(F)c2)c2cccc(CO)c2CC1=O. The lowest BCUT2D eigenvalue weighted by molar-refractivity contribution is -0.146. The van der Waals surface area contributed by atoms with Crippen LogP contribution in [0.5, 0.6) is 0 Å². The van der Waals surface area contributed by atoms with Gasteiger partial charge in [-0.1, -0.05) is 43.2 Å². The number of carbonyl (C=O) groups is 3. The number of ketones is 1. The van der Waals surface area contributed by atoms with Gasteiger partial charge in [-0.2, -0.15) is 13.2 Å². The number of nitrogens with two attached hydrogens (primary N) is 1. The van der Waals surface area contributed by atoms with Crippen molar-refractivity contribution in [1.29, 1.82) is 0 Å². The zero-order valence-corrected chi connectivity index (χ0v) is 21.0. The molecule has 2 amide bonds. The van der Waals surface area contributed by atoms with Crippen LogP contribution in [-0.2, 0) is 27.4 Å². The van der Waals surface area contributed by atoms with Crippen LogP contribution in [0.2, 0.25) is 0 Å². The van der Waals surface area contributed by atoms with Crippen LogP contribution in [-0.4, -0.2) is 40.8 Å². The van der Waals surface area contributed by atoms with Crippen LogP contribution < -0.4 is 11.1 Å². The van der Waals surface area contributed by atoms with Crippen molar-refractivity contribution in [3.8, 4) is 0 Å². The molecule has 3 atom stereocenters. The molecule has 0 spiro atoms. The Kier molecular flexibility index (Phi) is 8.48. The van der Waals surface area contributed by atoms with Gasteiger partial charge in [0.15, 0.2) is 11.9 Å². The number of rotatable bonds is 10. The fourth-order valence-corrected chi connectivity index (χ4v) is 5.00. The Balaban J connectivity index is 1.71. The highest BCUT2D eigenvalue weighted by molar-refractivity contribution is 6.16. The van der Waals surface area contributed by atoms with Crippen molar-refractivity contribution in [2.24, 2.45) is 28.5 Å². The molecule has 208 valence electrons. The van der Waals surface area contributed by atoms with Crippen molar-refractivity contribution in [3.05, 3.63) is 70.5 Å². The van der Waals surface area contributed by atoms with Crippen LogP contribution in [0, 0.1) is 23.6 Å². The summed E-state index contributed by atoms with van der Waals surface area (Å²) >= 11 is 0. The molecule has 1 aliphatic heterocycles. The maximum absolute atomic E-state index is 14.1. The summed E-state index contributed by atoms with van der Waals surface area (Å²) in [6.07, 6.45) is -6.52. The van der Waals surface area contributed by atoms with Crippen molar-refractivity contribution in [2.45, 2.75) is 57.5 Å². The van der Waals surface area contributed by atoms with E-state index in [1.165, 1.54) is 18.2 Å². The van der Waals surface area contributed by atoms with Gasteiger partial charge in [0.25, 0.3) is 0 Å². The van der Waals surface area contributed by atoms with E-state index in [1.54, 1.807) is 24.3 Å². The van der Waals surface area contributed by atoms with Gasteiger partial charge < -0.3 is 16.2 Å². The van der Waals surface area contributed by atoms with Gasteiger partial charge >= 0.3 is 6.18 Å². The Labute approximate surface area is 222 Å². The molecule has 11 heteroatoms. The first-order valence-corrected chi connectivity index (χ1v) is 12.7. The summed E-state index contributed by atoms with van der Waals surface area (Å²) in [7, 11) is 0. The summed E-state index contributed by atoms with van der Waals surface area (Å²) < 4.78 is 53.5. The number of hydrogen-bond acceptors (Lipinski definition) is 5. The topological polar surface area (TPSA) is 122 Å². The van der Waals surface area contributed by atoms with E-state index < -0.39 is 60.4 Å². The largest absolute Gasteiger partial charge is 0.392 e. The lowest BCUT2D eigenvalue weighted by Crippen LogP contribution is -2.47. The van der Waals surface area contributed by atoms with E-state index in [4.69, 9.17) is 5.73 Å². The predicted octanol–water partition coefficient (Wildman–Crippen LogP) is 3.58. The highest BCUT2D eigenvalue weighted by Gasteiger charge is 2.41. The first-order chi connectivity index (χ1) is 18.5. The number of hydrogen-bond donors (Lipinski definition) is 3. The Morgan fingerprint density at radius 1 is 1.13 bits per heavy atom. The van der Waals surface area contributed by atoms with Crippen molar-refractivity contribution in [1.82, 2.24) is 5.32 Å². The molecule has 0 saturated heterocycles. The van der Waals surface area contributed by atoms with Crippen molar-refractivity contribution in [2.75, 3.05) is 0 Å². The molecule has 1 aliphatic carbocycles. The first kappa shape index (κ1) is 28.4. The summed E-state index contributed by atoms with van der Waals surface area (Å²) in [6, 6.07) is 10.4. The third-order valence-corrected chi connectivity index (χ3v) is 7.20. The van der Waals surface area contributed by atoms with E-state index in [1.807, 2.05) is 0 Å². The maximum Gasteiger partial charge on any atom is 0.389 e. The molecule has 1 saturated carbocycles. The summed E-state index contributed by atoms with van der Waals surface area (Å²) in [4.78, 5) is 43.4. The normalized spacial score (nSPS) is 18.9. The van der Waals surface area contributed by atoms with E-state index in [-0.39, 0.29) is 31.1 Å². The number of halogens is 4. The summed E-state index contributed by atoms with van der Waals surface area (Å²) in [5.41, 5.74) is 7.34. The van der Waals surface area contributed by atoms with E-state index in [0.717, 1.165) is 12.8 Å². The number of aliphatic imine (C=N–C) groups is 1. The number of benzene rings is 2. The lowest BCUT2D eigenvalue weighted by atomic mass is 9.83. The zero-order valence-electron chi connectivity index (χ0n) is 21.0. The second-order valence-corrected chi connectivity index (χ2v) is 10.1. The molecule has 0 radical (unpaired) electrons. The fraction of sp³-hybridized carbons (Fsp3) is 0.429. The average molecular weight is 548 g/mol. The van der Waals surface area contributed by atoms with Gasteiger partial charge in [-0.15, -0.1) is 0 Å². The van der Waals surface area contributed by atoms with Crippen molar-refractivity contribution >= 4 is 23.3 Å². The van der Waals surface area contributed by atoms with Crippen LogP contribution in [0.3, 0.4) is 0 Å². The lowest BCUT2D eigenvalue weighted by Gasteiger charge is -2.26. The minimum absolute atomic E-state index is 0.104. The quantitative estimate of drug-likeness (QED) is 0.394. The standard InChI is InChI=1S/C28H29F4N3O4/c29-18-5-1-3-16(12-18)24-19-6-2-4-17(14-36)21(19)13-23(37)26(34-24)35-27(39)20(9-10-28(30,31)32)22(25(33)38)11-15-7-8-15/h1-6,12,15,20,22,26,36H,7-11,13-14H2,(H2,33,38)(H,35,39)/t20-,22+,26-/m1/s1. The van der Waals surface area contributed by atoms with Gasteiger partial charge in [-0.3, -0.25) is 19.4 Å². The molecule has 1 fully saturated rings. The van der Waals surface area contributed by atoms with Crippen LogP contribution in [0.15, 0.2) is 47.5 Å². The second-order valence-electron chi connectivity index (χ2n) is 10.1. The molecular formula is C28H29F4N3O4. The number of carbonyl (C=O) groups excluding carboxylic acids is 3. The number of Topliss-reactive ketones (excluding diaryl/α,β-unsaturated/α-hetero) is 1. The zero-order chi connectivity index (χ0) is 28.3. The van der Waals surface area contributed by atoms with E-state index in [9.17, 15) is 37.1 Å². The Morgan fingerprint density at radius 2 is 1.85 bits per heavy atom. The van der Waals surface area contributed by atoms with Gasteiger partial charge in [0.1, 0.15) is 5.82 Å². The molecule has 1 heterocycles. The number of primary amides is 1. The molecule has 4 rings (SSSR count). The third kappa shape index (κ3) is 7.08. The number of nitrogens with zero attached hydrogens (tertiary/aromatic N) is 1. The van der Waals surface area contributed by atoms with Gasteiger partial charge in [0, 0.05) is 35.8 Å². The molecule has 2 aliphatic rings. The minimum Gasteiger partial charge on any atom is -0.392 e. The van der Waals surface area contributed by atoms with Gasteiger partial charge in [-0.25, -0.2) is 4.39 Å². The summed E-state index contributed by atoms with van der Waals surface area (Å²) in [5.74, 6) is -5.40. The molecule has 0 bridgehead atoms. The van der Waals surface area contributed by atoms with Crippen molar-refractivity contribution < 1.29 is 37.1 Å². The third-order valence-electron chi connectivity index (χ3n) is 7.20. The van der Waals surface area contributed by atoms with Crippen LogP contribution in [0.25, 0.3) is 0 Å². The molecular weight excluding hydrogens is 518 g/mol. The first-order valence-electron chi connectivity index (χ1n) is 12.7. The molecule has 4 N–H and O–H groups in total. The van der Waals surface area contributed by atoms with Gasteiger partial charge in [-0.05, 0) is 42.0 Å². The van der Waals surface area contributed by atoms with Crippen molar-refractivity contribution in [3.63, 3.8) is 0 Å². The summed E-state index contributed by atoms with van der Waals surface area (Å²) in [5, 5.41) is 12.3. The predicted molar refractivity (Wildman–Crippen MR) is 134 cm³/mol. The van der Waals surface area contributed by atoms with Crippen LogP contribution in [0.4, 0.5) is 17.6 Å². The molecule has 39 heavy (non-hydrogen) atoms. The molecule has 2 aromatic carbocycles. The fourth-order valence-electron chi connectivity index (χ4n) is 5.00. The Hall–Kier alpha value is -3.60. The van der Waals surface area contributed by atoms with E-state index in [0.29, 0.717) is 22.3 Å². The van der Waals surface area contributed by atoms with E-state index >= 15 is 0 Å². The highest BCUT2D eigenvalue weighted by atomic mass is 19.4. The number of nitrogens with one attached hydrogen (secondary N) is 1. The van der Waals surface area contributed by atoms with Gasteiger partial charge in [0.05, 0.1) is 12.3 Å². The number of aliphatic hydroxyl groups excluding tert-OH is 1. The smallest absolute Gasteiger partial charge is 0.389 e.